The maximum atomic E-state index is 14.8. The standard InChI is InChI=1S/C23H26BFN4O3/c1-15-13-20(29(28-15)17-9-7-6-8-10-17)27-21(30)26-19-12-11-16(14-18(19)25)24-31-22(2,3)23(4,5)32-24/h6-14H,1-5H3,(H2,26,27,30). The average Bonchev–Trinajstić information content (AvgIpc) is 3.19. The number of aryl methyl sites for hydroxylation is 1. The van der Waals surface area contributed by atoms with Gasteiger partial charge in [0, 0.05) is 6.07 Å². The minimum absolute atomic E-state index is 0.0465. The van der Waals surface area contributed by atoms with E-state index in [1.807, 2.05) is 65.0 Å². The zero-order chi connectivity index (χ0) is 23.1. The summed E-state index contributed by atoms with van der Waals surface area (Å²) >= 11 is 0. The Morgan fingerprint density at radius 1 is 1.00 bits per heavy atom. The predicted octanol–water partition coefficient (Wildman–Crippen LogP) is 4.26. The van der Waals surface area contributed by atoms with Crippen molar-refractivity contribution in [2.45, 2.75) is 45.8 Å². The Hall–Kier alpha value is -3.17. The summed E-state index contributed by atoms with van der Waals surface area (Å²) in [5.74, 6) is -0.111. The Morgan fingerprint density at radius 3 is 2.28 bits per heavy atom. The molecule has 0 radical (unpaired) electrons. The summed E-state index contributed by atoms with van der Waals surface area (Å²) in [4.78, 5) is 12.6. The molecule has 166 valence electrons. The lowest BCUT2D eigenvalue weighted by Gasteiger charge is -2.32. The fraction of sp³-hybridized carbons (Fsp3) is 0.304. The zero-order valence-electron chi connectivity index (χ0n) is 18.8. The Bertz CT molecular complexity index is 1130. The number of urea groups is 1. The highest BCUT2D eigenvalue weighted by atomic mass is 19.1. The lowest BCUT2D eigenvalue weighted by Crippen LogP contribution is -2.41. The molecule has 3 aromatic rings. The molecular formula is C23H26BFN4O3. The molecule has 32 heavy (non-hydrogen) atoms. The number of anilines is 2. The summed E-state index contributed by atoms with van der Waals surface area (Å²) in [6.45, 7) is 9.57. The molecule has 2 heterocycles. The third-order valence-corrected chi connectivity index (χ3v) is 5.84. The van der Waals surface area contributed by atoms with E-state index >= 15 is 0 Å². The number of rotatable bonds is 4. The number of amides is 2. The van der Waals surface area contributed by atoms with Crippen molar-refractivity contribution in [3.63, 3.8) is 0 Å². The van der Waals surface area contributed by atoms with Crippen LogP contribution in [0.15, 0.2) is 54.6 Å². The Balaban J connectivity index is 1.47. The van der Waals surface area contributed by atoms with Crippen molar-refractivity contribution in [3.8, 4) is 5.69 Å². The Kier molecular flexibility index (Phi) is 5.56. The summed E-state index contributed by atoms with van der Waals surface area (Å²) < 4.78 is 28.3. The number of carbonyl (C=O) groups is 1. The van der Waals surface area contributed by atoms with Crippen LogP contribution in [0.2, 0.25) is 0 Å². The van der Waals surface area contributed by atoms with E-state index in [0.717, 1.165) is 11.4 Å². The van der Waals surface area contributed by atoms with E-state index in [0.29, 0.717) is 11.3 Å². The molecule has 0 aliphatic carbocycles. The van der Waals surface area contributed by atoms with Gasteiger partial charge in [-0.1, -0.05) is 24.3 Å². The molecule has 7 nitrogen and oxygen atoms in total. The van der Waals surface area contributed by atoms with E-state index in [2.05, 4.69) is 15.7 Å². The van der Waals surface area contributed by atoms with E-state index in [1.54, 1.807) is 16.8 Å². The van der Waals surface area contributed by atoms with Gasteiger partial charge >= 0.3 is 13.1 Å². The number of halogens is 1. The van der Waals surface area contributed by atoms with Crippen molar-refractivity contribution in [2.24, 2.45) is 0 Å². The predicted molar refractivity (Wildman–Crippen MR) is 123 cm³/mol. The molecular weight excluding hydrogens is 410 g/mol. The monoisotopic (exact) mass is 436 g/mol. The highest BCUT2D eigenvalue weighted by Gasteiger charge is 2.51. The summed E-state index contributed by atoms with van der Waals surface area (Å²) in [5, 5.41) is 9.69. The molecule has 2 aromatic carbocycles. The van der Waals surface area contributed by atoms with E-state index in [4.69, 9.17) is 9.31 Å². The van der Waals surface area contributed by atoms with Crippen LogP contribution in [0.4, 0.5) is 20.7 Å². The smallest absolute Gasteiger partial charge is 0.399 e. The summed E-state index contributed by atoms with van der Waals surface area (Å²) in [6, 6.07) is 15.1. The Labute approximate surface area is 187 Å². The normalized spacial score (nSPS) is 16.8. The van der Waals surface area contributed by atoms with Gasteiger partial charge in [0.1, 0.15) is 11.6 Å². The fourth-order valence-corrected chi connectivity index (χ4v) is 3.38. The third kappa shape index (κ3) is 4.26. The van der Waals surface area contributed by atoms with Gasteiger partial charge in [0.2, 0.25) is 0 Å². The van der Waals surface area contributed by atoms with Crippen molar-refractivity contribution >= 4 is 30.1 Å². The fourth-order valence-electron chi connectivity index (χ4n) is 3.38. The quantitative estimate of drug-likeness (QED) is 0.600. The van der Waals surface area contributed by atoms with Crippen LogP contribution in [0.1, 0.15) is 33.4 Å². The van der Waals surface area contributed by atoms with Crippen molar-refractivity contribution in [1.82, 2.24) is 9.78 Å². The molecule has 0 bridgehead atoms. The van der Waals surface area contributed by atoms with Gasteiger partial charge < -0.3 is 14.6 Å². The number of benzene rings is 2. The van der Waals surface area contributed by atoms with Gasteiger partial charge in [0.25, 0.3) is 0 Å². The van der Waals surface area contributed by atoms with Crippen LogP contribution < -0.4 is 16.1 Å². The highest BCUT2D eigenvalue weighted by Crippen LogP contribution is 2.36. The molecule has 1 aliphatic rings. The SMILES string of the molecule is Cc1cc(NC(=O)Nc2ccc(B3OC(C)(C)C(C)(C)O3)cc2F)n(-c2ccccc2)n1. The van der Waals surface area contributed by atoms with Gasteiger partial charge in [-0.05, 0) is 64.3 Å². The molecule has 0 atom stereocenters. The van der Waals surface area contributed by atoms with Gasteiger partial charge in [-0.25, -0.2) is 13.9 Å². The minimum atomic E-state index is -0.680. The van der Waals surface area contributed by atoms with Crippen LogP contribution in [0.5, 0.6) is 0 Å². The van der Waals surface area contributed by atoms with Crippen LogP contribution in [-0.4, -0.2) is 34.1 Å². The van der Waals surface area contributed by atoms with Gasteiger partial charge in [0.05, 0.1) is 28.3 Å². The number of hydrogen-bond donors (Lipinski definition) is 2. The first-order valence-electron chi connectivity index (χ1n) is 10.4. The third-order valence-electron chi connectivity index (χ3n) is 5.84. The van der Waals surface area contributed by atoms with Crippen molar-refractivity contribution in [3.05, 3.63) is 66.1 Å². The van der Waals surface area contributed by atoms with Crippen molar-refractivity contribution < 1.29 is 18.5 Å². The molecule has 1 saturated heterocycles. The van der Waals surface area contributed by atoms with Crippen molar-refractivity contribution in [1.29, 1.82) is 0 Å². The second kappa shape index (κ2) is 8.07. The van der Waals surface area contributed by atoms with Crippen LogP contribution >= 0.6 is 0 Å². The molecule has 1 aromatic heterocycles. The number of nitrogens with zero attached hydrogens (tertiary/aromatic N) is 2. The number of hydrogen-bond acceptors (Lipinski definition) is 4. The minimum Gasteiger partial charge on any atom is -0.399 e. The summed E-state index contributed by atoms with van der Waals surface area (Å²) in [5.41, 5.74) is 1.08. The molecule has 2 N–H and O–H groups in total. The summed E-state index contributed by atoms with van der Waals surface area (Å²) in [7, 11) is -0.680. The molecule has 4 rings (SSSR count). The average molecular weight is 436 g/mol. The second-order valence-electron chi connectivity index (χ2n) is 8.82. The molecule has 1 fully saturated rings. The van der Waals surface area contributed by atoms with E-state index in [1.165, 1.54) is 12.1 Å². The lowest BCUT2D eigenvalue weighted by molar-refractivity contribution is 0.00578. The zero-order valence-corrected chi connectivity index (χ0v) is 18.8. The molecule has 1 aliphatic heterocycles. The number of aromatic nitrogens is 2. The first-order chi connectivity index (χ1) is 15.1. The molecule has 9 heteroatoms. The van der Waals surface area contributed by atoms with E-state index in [-0.39, 0.29) is 5.69 Å². The Morgan fingerprint density at radius 2 is 1.66 bits per heavy atom. The van der Waals surface area contributed by atoms with Crippen molar-refractivity contribution in [2.75, 3.05) is 10.6 Å². The molecule has 2 amide bonds. The summed E-state index contributed by atoms with van der Waals surface area (Å²) in [6.07, 6.45) is 0. The van der Waals surface area contributed by atoms with E-state index < -0.39 is 30.2 Å². The second-order valence-corrected chi connectivity index (χ2v) is 8.82. The number of nitrogens with one attached hydrogen (secondary N) is 2. The lowest BCUT2D eigenvalue weighted by atomic mass is 9.79. The first kappa shape index (κ1) is 22.0. The van der Waals surface area contributed by atoms with E-state index in [9.17, 15) is 9.18 Å². The first-order valence-corrected chi connectivity index (χ1v) is 10.4. The largest absolute Gasteiger partial charge is 0.494 e. The molecule has 0 saturated carbocycles. The number of carbonyl (C=O) groups excluding carboxylic acids is 1. The van der Waals surface area contributed by atoms with Gasteiger partial charge in [-0.3, -0.25) is 5.32 Å². The van der Waals surface area contributed by atoms with Gasteiger partial charge in [-0.15, -0.1) is 0 Å². The maximum Gasteiger partial charge on any atom is 0.494 e. The van der Waals surface area contributed by atoms with Crippen LogP contribution in [0.3, 0.4) is 0 Å². The van der Waals surface area contributed by atoms with Gasteiger partial charge in [-0.2, -0.15) is 5.10 Å². The molecule has 0 spiro atoms. The molecule has 0 unspecified atom stereocenters. The van der Waals surface area contributed by atoms with Crippen LogP contribution in [0, 0.1) is 12.7 Å². The number of para-hydroxylation sites is 1. The van der Waals surface area contributed by atoms with Gasteiger partial charge in [0.15, 0.2) is 0 Å². The van der Waals surface area contributed by atoms with Crippen LogP contribution in [0.25, 0.3) is 5.69 Å². The topological polar surface area (TPSA) is 77.4 Å². The maximum absolute atomic E-state index is 14.8. The van der Waals surface area contributed by atoms with Crippen LogP contribution in [-0.2, 0) is 9.31 Å². The highest BCUT2D eigenvalue weighted by molar-refractivity contribution is 6.62.